The smallest absolute Gasteiger partial charge is 0.338 e. The molecule has 0 saturated carbocycles. The van der Waals surface area contributed by atoms with Gasteiger partial charge in [0.1, 0.15) is 0 Å². The number of hydrogen-bond acceptors (Lipinski definition) is 7. The molecular weight excluding hydrogens is 294 g/mol. The summed E-state index contributed by atoms with van der Waals surface area (Å²) in [5, 5.41) is 9.07. The summed E-state index contributed by atoms with van der Waals surface area (Å²) in [5.74, 6) is 0.348. The molecule has 0 unspecified atom stereocenters. The van der Waals surface area contributed by atoms with Crippen LogP contribution < -0.4 is 4.90 Å². The molecule has 0 bridgehead atoms. The fourth-order valence-corrected chi connectivity index (χ4v) is 3.30. The highest BCUT2D eigenvalue weighted by molar-refractivity contribution is 8.00. The highest BCUT2D eigenvalue weighted by Crippen LogP contribution is 2.30. The molecule has 5 nitrogen and oxygen atoms in total. The van der Waals surface area contributed by atoms with Gasteiger partial charge < -0.3 is 9.64 Å². The van der Waals surface area contributed by atoms with Crippen molar-refractivity contribution in [1.29, 1.82) is 0 Å². The normalized spacial score (nSPS) is 10.3. The van der Waals surface area contributed by atoms with Crippen LogP contribution in [0.15, 0.2) is 28.6 Å². The molecule has 0 fully saturated rings. The maximum Gasteiger partial charge on any atom is 0.338 e. The molecule has 2 aromatic rings. The van der Waals surface area contributed by atoms with E-state index in [-0.39, 0.29) is 5.97 Å². The Balaban J connectivity index is 2.08. The van der Waals surface area contributed by atoms with Gasteiger partial charge in [0.2, 0.25) is 5.13 Å². The number of carbonyl (C=O) groups excluding carboxylic acids is 1. The molecule has 106 valence electrons. The van der Waals surface area contributed by atoms with Crippen LogP contribution in [-0.2, 0) is 10.5 Å². The zero-order chi connectivity index (χ0) is 14.5. The van der Waals surface area contributed by atoms with Gasteiger partial charge in [0.25, 0.3) is 0 Å². The molecule has 0 amide bonds. The van der Waals surface area contributed by atoms with Gasteiger partial charge in [-0.1, -0.05) is 41.3 Å². The molecule has 0 aliphatic rings. The average molecular weight is 309 g/mol. The molecule has 0 aliphatic heterocycles. The first-order chi connectivity index (χ1) is 9.61. The molecule has 0 N–H and O–H groups in total. The molecule has 0 radical (unpaired) electrons. The van der Waals surface area contributed by atoms with Crippen LogP contribution in [0, 0.1) is 0 Å². The zero-order valence-corrected chi connectivity index (χ0v) is 13.1. The van der Waals surface area contributed by atoms with Crippen molar-refractivity contribution in [1.82, 2.24) is 10.2 Å². The van der Waals surface area contributed by atoms with Crippen LogP contribution in [-0.4, -0.2) is 37.4 Å². The van der Waals surface area contributed by atoms with Crippen LogP contribution in [0.4, 0.5) is 5.13 Å². The number of ether oxygens (including phenoxy) is 1. The number of hydrogen-bond donors (Lipinski definition) is 0. The summed E-state index contributed by atoms with van der Waals surface area (Å²) < 4.78 is 5.67. The number of rotatable bonds is 5. The minimum Gasteiger partial charge on any atom is -0.465 e. The number of methoxy groups -OCH3 is 1. The van der Waals surface area contributed by atoms with Crippen molar-refractivity contribution in [3.05, 3.63) is 35.4 Å². The largest absolute Gasteiger partial charge is 0.465 e. The van der Waals surface area contributed by atoms with E-state index in [4.69, 9.17) is 4.74 Å². The monoisotopic (exact) mass is 309 g/mol. The van der Waals surface area contributed by atoms with E-state index in [0.717, 1.165) is 15.0 Å². The van der Waals surface area contributed by atoms with Gasteiger partial charge in [0, 0.05) is 19.8 Å². The first-order valence-electron chi connectivity index (χ1n) is 5.91. The number of thioether (sulfide) groups is 1. The van der Waals surface area contributed by atoms with Crippen molar-refractivity contribution < 1.29 is 9.53 Å². The molecule has 2 rings (SSSR count). The molecule has 0 saturated heterocycles. The fraction of sp³-hybridized carbons (Fsp3) is 0.308. The van der Waals surface area contributed by atoms with E-state index in [0.29, 0.717) is 11.3 Å². The van der Waals surface area contributed by atoms with Crippen molar-refractivity contribution in [3.8, 4) is 0 Å². The Kier molecular flexibility index (Phi) is 4.97. The van der Waals surface area contributed by atoms with Crippen molar-refractivity contribution in [3.63, 3.8) is 0 Å². The quantitative estimate of drug-likeness (QED) is 0.625. The standard InChI is InChI=1S/C13H15N3O2S2/c1-16(2)12-14-15-13(20-12)19-8-9-6-4-5-7-10(9)11(17)18-3/h4-7H,8H2,1-3H3. The van der Waals surface area contributed by atoms with Crippen molar-refractivity contribution in [2.45, 2.75) is 10.1 Å². The van der Waals surface area contributed by atoms with Crippen molar-refractivity contribution in [2.75, 3.05) is 26.1 Å². The molecule has 0 atom stereocenters. The third-order valence-electron chi connectivity index (χ3n) is 2.55. The van der Waals surface area contributed by atoms with Gasteiger partial charge in [-0.3, -0.25) is 0 Å². The molecule has 0 aliphatic carbocycles. The molecule has 0 spiro atoms. The zero-order valence-electron chi connectivity index (χ0n) is 11.5. The number of nitrogens with zero attached hydrogens (tertiary/aromatic N) is 3. The van der Waals surface area contributed by atoms with Gasteiger partial charge in [-0.2, -0.15) is 0 Å². The number of aromatic nitrogens is 2. The van der Waals surface area contributed by atoms with E-state index in [1.54, 1.807) is 17.8 Å². The third kappa shape index (κ3) is 3.49. The molecule has 1 aromatic heterocycles. The lowest BCUT2D eigenvalue weighted by Crippen LogP contribution is -2.07. The van der Waals surface area contributed by atoms with Crippen LogP contribution in [0.2, 0.25) is 0 Å². The van der Waals surface area contributed by atoms with Gasteiger partial charge in [0.05, 0.1) is 12.7 Å². The van der Waals surface area contributed by atoms with Gasteiger partial charge in [-0.25, -0.2) is 4.79 Å². The number of anilines is 1. The minimum absolute atomic E-state index is 0.313. The molecule has 1 heterocycles. The average Bonchev–Trinajstić information content (AvgIpc) is 2.93. The predicted octanol–water partition coefficient (Wildman–Crippen LogP) is 2.68. The van der Waals surface area contributed by atoms with Gasteiger partial charge in [0.15, 0.2) is 4.34 Å². The van der Waals surface area contributed by atoms with Crippen LogP contribution in [0.25, 0.3) is 0 Å². The summed E-state index contributed by atoms with van der Waals surface area (Å²) in [5.41, 5.74) is 1.53. The second-order valence-electron chi connectivity index (χ2n) is 4.18. The molecule has 7 heteroatoms. The van der Waals surface area contributed by atoms with E-state index in [1.165, 1.54) is 18.4 Å². The van der Waals surface area contributed by atoms with Gasteiger partial charge >= 0.3 is 5.97 Å². The SMILES string of the molecule is COC(=O)c1ccccc1CSc1nnc(N(C)C)s1. The summed E-state index contributed by atoms with van der Waals surface area (Å²) >= 11 is 3.10. The maximum absolute atomic E-state index is 11.7. The summed E-state index contributed by atoms with van der Waals surface area (Å²) in [4.78, 5) is 13.6. The summed E-state index contributed by atoms with van der Waals surface area (Å²) in [6.45, 7) is 0. The Bertz CT molecular complexity index is 599. The Morgan fingerprint density at radius 2 is 2.10 bits per heavy atom. The lowest BCUT2D eigenvalue weighted by molar-refractivity contribution is 0.0600. The number of benzene rings is 1. The second-order valence-corrected chi connectivity index (χ2v) is 6.36. The highest BCUT2D eigenvalue weighted by Gasteiger charge is 2.12. The number of esters is 1. The fourth-order valence-electron chi connectivity index (χ4n) is 1.54. The third-order valence-corrected chi connectivity index (χ3v) is 4.83. The Morgan fingerprint density at radius 1 is 1.35 bits per heavy atom. The van der Waals surface area contributed by atoms with Crippen LogP contribution in [0.1, 0.15) is 15.9 Å². The topological polar surface area (TPSA) is 55.3 Å². The maximum atomic E-state index is 11.7. The Labute approximate surface area is 126 Å². The predicted molar refractivity (Wildman–Crippen MR) is 81.6 cm³/mol. The van der Waals surface area contributed by atoms with E-state index < -0.39 is 0 Å². The lowest BCUT2D eigenvalue weighted by atomic mass is 10.1. The molecule has 1 aromatic carbocycles. The number of carbonyl (C=O) groups is 1. The van der Waals surface area contributed by atoms with Gasteiger partial charge in [-0.05, 0) is 11.6 Å². The summed E-state index contributed by atoms with van der Waals surface area (Å²) in [6, 6.07) is 7.43. The van der Waals surface area contributed by atoms with E-state index >= 15 is 0 Å². The lowest BCUT2D eigenvalue weighted by Gasteiger charge is -2.06. The Hall–Kier alpha value is -1.60. The summed E-state index contributed by atoms with van der Waals surface area (Å²) in [7, 11) is 5.25. The molecule has 20 heavy (non-hydrogen) atoms. The molecular formula is C13H15N3O2S2. The van der Waals surface area contributed by atoms with Crippen LogP contribution >= 0.6 is 23.1 Å². The van der Waals surface area contributed by atoms with Crippen LogP contribution in [0.5, 0.6) is 0 Å². The summed E-state index contributed by atoms with van der Waals surface area (Å²) in [6.07, 6.45) is 0. The van der Waals surface area contributed by atoms with Crippen molar-refractivity contribution in [2.24, 2.45) is 0 Å². The first-order valence-corrected chi connectivity index (χ1v) is 7.72. The van der Waals surface area contributed by atoms with Crippen LogP contribution in [0.3, 0.4) is 0 Å². The second kappa shape index (κ2) is 6.71. The van der Waals surface area contributed by atoms with Crippen molar-refractivity contribution >= 4 is 34.2 Å². The van der Waals surface area contributed by atoms with E-state index in [9.17, 15) is 4.79 Å². The minimum atomic E-state index is -0.313. The van der Waals surface area contributed by atoms with Gasteiger partial charge in [-0.15, -0.1) is 10.2 Å². The van der Waals surface area contributed by atoms with E-state index in [2.05, 4.69) is 10.2 Å². The van der Waals surface area contributed by atoms with E-state index in [1.807, 2.05) is 37.2 Å². The first kappa shape index (κ1) is 14.8. The Morgan fingerprint density at radius 3 is 2.75 bits per heavy atom. The highest BCUT2D eigenvalue weighted by atomic mass is 32.2.